The van der Waals surface area contributed by atoms with Crippen LogP contribution in [-0.2, 0) is 15.9 Å². The highest BCUT2D eigenvalue weighted by atomic mass is 16.5. The van der Waals surface area contributed by atoms with E-state index in [1.165, 1.54) is 11.1 Å². The maximum absolute atomic E-state index is 5.90. The van der Waals surface area contributed by atoms with Crippen LogP contribution in [-0.4, -0.2) is 32.4 Å². The minimum Gasteiger partial charge on any atom is -0.378 e. The summed E-state index contributed by atoms with van der Waals surface area (Å²) in [6.45, 7) is 3.30. The fourth-order valence-corrected chi connectivity index (χ4v) is 2.54. The van der Waals surface area contributed by atoms with Crippen molar-refractivity contribution in [2.75, 3.05) is 26.4 Å². The van der Waals surface area contributed by atoms with Crippen molar-refractivity contribution in [1.82, 2.24) is 5.32 Å². The van der Waals surface area contributed by atoms with Crippen molar-refractivity contribution in [3.63, 3.8) is 0 Å². The predicted octanol–water partition coefficient (Wildman–Crippen LogP) is 1.29. The van der Waals surface area contributed by atoms with E-state index in [1.807, 2.05) is 0 Å². The molecule has 1 saturated heterocycles. The molecular weight excluding hydrogens is 202 g/mol. The second-order valence-electron chi connectivity index (χ2n) is 4.38. The molecule has 2 aliphatic heterocycles. The van der Waals surface area contributed by atoms with Crippen LogP contribution in [0.5, 0.6) is 0 Å². The number of hydrogen-bond donors (Lipinski definition) is 1. The van der Waals surface area contributed by atoms with Gasteiger partial charge in [0.25, 0.3) is 0 Å². The van der Waals surface area contributed by atoms with E-state index in [0.717, 1.165) is 32.8 Å². The fraction of sp³-hybridized carbons (Fsp3) is 0.538. The monoisotopic (exact) mass is 219 g/mol. The zero-order chi connectivity index (χ0) is 10.8. The Labute approximate surface area is 95.8 Å². The summed E-state index contributed by atoms with van der Waals surface area (Å²) in [6, 6.07) is 8.87. The van der Waals surface area contributed by atoms with Crippen molar-refractivity contribution in [3.8, 4) is 0 Å². The number of ether oxygens (including phenoxy) is 2. The molecule has 1 N–H and O–H groups in total. The maximum Gasteiger partial charge on any atom is 0.100 e. The number of hydrogen-bond acceptors (Lipinski definition) is 3. The fourth-order valence-electron chi connectivity index (χ4n) is 2.54. The smallest absolute Gasteiger partial charge is 0.100 e. The first kappa shape index (κ1) is 10.3. The second-order valence-corrected chi connectivity index (χ2v) is 4.38. The Morgan fingerprint density at radius 3 is 3.00 bits per heavy atom. The van der Waals surface area contributed by atoms with E-state index in [2.05, 4.69) is 29.6 Å². The minimum absolute atomic E-state index is 0.158. The van der Waals surface area contributed by atoms with E-state index in [-0.39, 0.29) is 6.10 Å². The molecule has 16 heavy (non-hydrogen) atoms. The molecule has 0 amide bonds. The molecule has 0 bridgehead atoms. The molecule has 2 heterocycles. The van der Waals surface area contributed by atoms with Gasteiger partial charge in [-0.1, -0.05) is 24.3 Å². The molecule has 0 unspecified atom stereocenters. The van der Waals surface area contributed by atoms with Crippen LogP contribution in [0.1, 0.15) is 17.2 Å². The Morgan fingerprint density at radius 1 is 1.19 bits per heavy atom. The van der Waals surface area contributed by atoms with Gasteiger partial charge in [-0.2, -0.15) is 0 Å². The standard InChI is InChI=1S/C13H17NO2/c1-2-4-11-10(3-1)5-7-16-13(11)12-9-15-8-6-14-12/h1-4,12-14H,5-9H2/t12-,13+/m0/s1. The number of nitrogens with one attached hydrogen (secondary N) is 1. The first-order valence-corrected chi connectivity index (χ1v) is 5.96. The molecule has 3 heteroatoms. The number of rotatable bonds is 1. The van der Waals surface area contributed by atoms with Gasteiger partial charge < -0.3 is 14.8 Å². The maximum atomic E-state index is 5.90. The quantitative estimate of drug-likeness (QED) is 0.772. The van der Waals surface area contributed by atoms with E-state index < -0.39 is 0 Å². The third kappa shape index (κ3) is 1.86. The molecular formula is C13H17NO2. The predicted molar refractivity (Wildman–Crippen MR) is 61.4 cm³/mol. The molecule has 0 aromatic heterocycles. The normalized spacial score (nSPS) is 29.8. The van der Waals surface area contributed by atoms with Gasteiger partial charge in [0, 0.05) is 6.54 Å². The zero-order valence-electron chi connectivity index (χ0n) is 9.32. The molecule has 1 aromatic rings. The topological polar surface area (TPSA) is 30.5 Å². The van der Waals surface area contributed by atoms with Crippen molar-refractivity contribution < 1.29 is 9.47 Å². The number of morpholine rings is 1. The van der Waals surface area contributed by atoms with E-state index in [1.54, 1.807) is 0 Å². The highest BCUT2D eigenvalue weighted by molar-refractivity contribution is 5.32. The van der Waals surface area contributed by atoms with Crippen LogP contribution in [0.2, 0.25) is 0 Å². The highest BCUT2D eigenvalue weighted by Gasteiger charge is 2.29. The summed E-state index contributed by atoms with van der Waals surface area (Å²) in [7, 11) is 0. The third-order valence-corrected chi connectivity index (χ3v) is 3.35. The average Bonchev–Trinajstić information content (AvgIpc) is 2.39. The molecule has 0 radical (unpaired) electrons. The minimum atomic E-state index is 0.158. The first-order chi connectivity index (χ1) is 7.95. The second kappa shape index (κ2) is 4.53. The lowest BCUT2D eigenvalue weighted by Gasteiger charge is -2.35. The summed E-state index contributed by atoms with van der Waals surface area (Å²) in [5, 5.41) is 3.48. The Balaban J connectivity index is 1.86. The van der Waals surface area contributed by atoms with Crippen LogP contribution >= 0.6 is 0 Å². The lowest BCUT2D eigenvalue weighted by molar-refractivity contribution is -0.0310. The summed E-state index contributed by atoms with van der Waals surface area (Å²) in [5.74, 6) is 0. The molecule has 3 nitrogen and oxygen atoms in total. The summed E-state index contributed by atoms with van der Waals surface area (Å²) < 4.78 is 11.4. The van der Waals surface area contributed by atoms with Gasteiger partial charge in [0.1, 0.15) is 6.10 Å². The molecule has 0 aliphatic carbocycles. The van der Waals surface area contributed by atoms with Gasteiger partial charge in [-0.15, -0.1) is 0 Å². The van der Waals surface area contributed by atoms with Crippen molar-refractivity contribution in [1.29, 1.82) is 0 Å². The van der Waals surface area contributed by atoms with Gasteiger partial charge >= 0.3 is 0 Å². The van der Waals surface area contributed by atoms with Gasteiger partial charge in [-0.3, -0.25) is 0 Å². The largest absolute Gasteiger partial charge is 0.378 e. The molecule has 0 saturated carbocycles. The van der Waals surface area contributed by atoms with Gasteiger partial charge in [-0.05, 0) is 17.5 Å². The van der Waals surface area contributed by atoms with E-state index in [9.17, 15) is 0 Å². The summed E-state index contributed by atoms with van der Waals surface area (Å²) >= 11 is 0. The van der Waals surface area contributed by atoms with E-state index >= 15 is 0 Å². The van der Waals surface area contributed by atoms with Gasteiger partial charge in [0.05, 0.1) is 25.9 Å². The lowest BCUT2D eigenvalue weighted by Crippen LogP contribution is -2.46. The Bertz CT molecular complexity index is 361. The highest BCUT2D eigenvalue weighted by Crippen LogP contribution is 2.30. The molecule has 3 rings (SSSR count). The van der Waals surface area contributed by atoms with E-state index in [4.69, 9.17) is 9.47 Å². The van der Waals surface area contributed by atoms with Crippen molar-refractivity contribution in [2.45, 2.75) is 18.6 Å². The molecule has 2 aliphatic rings. The summed E-state index contributed by atoms with van der Waals surface area (Å²) in [4.78, 5) is 0. The number of benzene rings is 1. The van der Waals surface area contributed by atoms with Crippen LogP contribution in [0.15, 0.2) is 24.3 Å². The molecule has 1 aromatic carbocycles. The zero-order valence-corrected chi connectivity index (χ0v) is 9.32. The molecule has 86 valence electrons. The van der Waals surface area contributed by atoms with Crippen molar-refractivity contribution >= 4 is 0 Å². The van der Waals surface area contributed by atoms with Gasteiger partial charge in [0.15, 0.2) is 0 Å². The van der Waals surface area contributed by atoms with Gasteiger partial charge in [-0.25, -0.2) is 0 Å². The third-order valence-electron chi connectivity index (χ3n) is 3.35. The van der Waals surface area contributed by atoms with Crippen molar-refractivity contribution in [2.24, 2.45) is 0 Å². The van der Waals surface area contributed by atoms with Crippen LogP contribution in [0, 0.1) is 0 Å². The van der Waals surface area contributed by atoms with Crippen LogP contribution < -0.4 is 5.32 Å². The lowest BCUT2D eigenvalue weighted by atomic mass is 9.93. The first-order valence-electron chi connectivity index (χ1n) is 5.96. The molecule has 1 fully saturated rings. The summed E-state index contributed by atoms with van der Waals surface area (Å²) in [5.41, 5.74) is 2.75. The van der Waals surface area contributed by atoms with E-state index in [0.29, 0.717) is 6.04 Å². The average molecular weight is 219 g/mol. The Kier molecular flexibility index (Phi) is 2.91. The number of fused-ring (bicyclic) bond motifs is 1. The Hall–Kier alpha value is -0.900. The molecule has 0 spiro atoms. The van der Waals surface area contributed by atoms with Crippen molar-refractivity contribution in [3.05, 3.63) is 35.4 Å². The SMILES string of the molecule is c1ccc2c(c1)CCO[C@H]2[C@@H]1COCCN1. The molecule has 2 atom stereocenters. The Morgan fingerprint density at radius 2 is 2.12 bits per heavy atom. The van der Waals surface area contributed by atoms with Crippen LogP contribution in [0.25, 0.3) is 0 Å². The summed E-state index contributed by atoms with van der Waals surface area (Å²) in [6.07, 6.45) is 1.19. The van der Waals surface area contributed by atoms with Crippen LogP contribution in [0.4, 0.5) is 0 Å². The van der Waals surface area contributed by atoms with Crippen LogP contribution in [0.3, 0.4) is 0 Å². The van der Waals surface area contributed by atoms with Gasteiger partial charge in [0.2, 0.25) is 0 Å².